The highest BCUT2D eigenvalue weighted by molar-refractivity contribution is 4.98. The van der Waals surface area contributed by atoms with E-state index < -0.39 is 0 Å². The van der Waals surface area contributed by atoms with Gasteiger partial charge in [0.1, 0.15) is 6.10 Å². The fourth-order valence-corrected chi connectivity index (χ4v) is 2.15. The van der Waals surface area contributed by atoms with Gasteiger partial charge >= 0.3 is 0 Å². The van der Waals surface area contributed by atoms with Gasteiger partial charge in [-0.2, -0.15) is 0 Å². The van der Waals surface area contributed by atoms with E-state index in [1.807, 2.05) is 6.92 Å². The third kappa shape index (κ3) is 5.87. The van der Waals surface area contributed by atoms with Gasteiger partial charge in [0.05, 0.1) is 17.5 Å². The van der Waals surface area contributed by atoms with E-state index >= 15 is 0 Å². The van der Waals surface area contributed by atoms with Crippen molar-refractivity contribution in [3.8, 4) is 0 Å². The van der Waals surface area contributed by atoms with E-state index in [0.29, 0.717) is 12.2 Å². The third-order valence-electron chi connectivity index (χ3n) is 2.84. The molecule has 0 saturated heterocycles. The van der Waals surface area contributed by atoms with Gasteiger partial charge in [-0.1, -0.05) is 6.92 Å². The highest BCUT2D eigenvalue weighted by atomic mass is 16.5. The summed E-state index contributed by atoms with van der Waals surface area (Å²) in [5.74, 6) is 1.05. The van der Waals surface area contributed by atoms with Crippen LogP contribution in [0, 0.1) is 0 Å². The Bertz CT molecular complexity index is 273. The highest BCUT2D eigenvalue weighted by Gasteiger charge is 2.34. The van der Waals surface area contributed by atoms with Crippen molar-refractivity contribution >= 4 is 0 Å². The second-order valence-corrected chi connectivity index (χ2v) is 6.32. The average molecular weight is 255 g/mol. The van der Waals surface area contributed by atoms with Gasteiger partial charge in [-0.05, 0) is 40.2 Å². The second-order valence-electron chi connectivity index (χ2n) is 6.32. The minimum Gasteiger partial charge on any atom is -0.495 e. The number of rotatable bonds is 6. The van der Waals surface area contributed by atoms with Crippen LogP contribution in [0.25, 0.3) is 0 Å². The van der Waals surface area contributed by atoms with Crippen molar-refractivity contribution < 1.29 is 9.47 Å². The molecule has 1 aliphatic rings. The number of hydrogen-bond acceptors (Lipinski definition) is 3. The molecule has 0 spiro atoms. The maximum Gasteiger partial charge on any atom is 0.103 e. The van der Waals surface area contributed by atoms with Crippen molar-refractivity contribution in [1.82, 2.24) is 0 Å². The minimum atomic E-state index is -0.0521. The van der Waals surface area contributed by atoms with Gasteiger partial charge in [0.2, 0.25) is 0 Å². The molecule has 3 heteroatoms. The van der Waals surface area contributed by atoms with Crippen molar-refractivity contribution in [2.75, 3.05) is 0 Å². The van der Waals surface area contributed by atoms with Gasteiger partial charge in [-0.15, -0.1) is 0 Å². The number of hydrogen-bond donors (Lipinski definition) is 1. The molecular weight excluding hydrogens is 226 g/mol. The summed E-state index contributed by atoms with van der Waals surface area (Å²) in [4.78, 5) is 0. The maximum absolute atomic E-state index is 5.98. The predicted molar refractivity (Wildman–Crippen MR) is 75.4 cm³/mol. The molecule has 18 heavy (non-hydrogen) atoms. The molecule has 1 unspecified atom stereocenters. The van der Waals surface area contributed by atoms with Crippen molar-refractivity contribution in [3.63, 3.8) is 0 Å². The standard InChI is InChI=1S/C15H29NO2/c1-6-7-12(8-11(2)16)17-13-9-14(10-13)18-15(3,4)5/h7,11,13-14H,6,8-10,16H2,1-5H3/b12-7+. The van der Waals surface area contributed by atoms with Crippen LogP contribution >= 0.6 is 0 Å². The summed E-state index contributed by atoms with van der Waals surface area (Å²) in [6.07, 6.45) is 6.63. The monoisotopic (exact) mass is 255 g/mol. The molecule has 106 valence electrons. The molecule has 0 aromatic heterocycles. The zero-order valence-electron chi connectivity index (χ0n) is 12.5. The molecule has 0 amide bonds. The summed E-state index contributed by atoms with van der Waals surface area (Å²) >= 11 is 0. The molecule has 0 radical (unpaired) electrons. The molecule has 1 saturated carbocycles. The molecule has 1 fully saturated rings. The fourth-order valence-electron chi connectivity index (χ4n) is 2.15. The van der Waals surface area contributed by atoms with E-state index in [4.69, 9.17) is 15.2 Å². The molecule has 0 aliphatic heterocycles. The number of ether oxygens (including phenoxy) is 2. The molecular formula is C15H29NO2. The van der Waals surface area contributed by atoms with E-state index in [1.54, 1.807) is 0 Å². The Morgan fingerprint density at radius 3 is 2.39 bits per heavy atom. The Kier molecular flexibility index (Phi) is 5.67. The van der Waals surface area contributed by atoms with Crippen LogP contribution in [-0.2, 0) is 9.47 Å². The van der Waals surface area contributed by atoms with E-state index in [2.05, 4.69) is 33.8 Å². The lowest BCUT2D eigenvalue weighted by molar-refractivity contribution is -0.138. The Hall–Kier alpha value is -0.540. The van der Waals surface area contributed by atoms with E-state index in [9.17, 15) is 0 Å². The lowest BCUT2D eigenvalue weighted by Gasteiger charge is -2.39. The lowest BCUT2D eigenvalue weighted by Crippen LogP contribution is -2.41. The average Bonchev–Trinajstić information content (AvgIpc) is 2.11. The first kappa shape index (κ1) is 15.5. The first-order valence-corrected chi connectivity index (χ1v) is 7.09. The molecule has 0 heterocycles. The Labute approximate surface area is 112 Å². The smallest absolute Gasteiger partial charge is 0.103 e. The molecule has 2 N–H and O–H groups in total. The predicted octanol–water partition coefficient (Wildman–Crippen LogP) is 3.38. The Morgan fingerprint density at radius 1 is 1.33 bits per heavy atom. The van der Waals surface area contributed by atoms with Gasteiger partial charge in [0.25, 0.3) is 0 Å². The zero-order valence-corrected chi connectivity index (χ0v) is 12.5. The second kappa shape index (κ2) is 6.58. The third-order valence-corrected chi connectivity index (χ3v) is 2.84. The van der Waals surface area contributed by atoms with E-state index in [0.717, 1.165) is 31.4 Å². The molecule has 1 aliphatic carbocycles. The Morgan fingerprint density at radius 2 is 1.94 bits per heavy atom. The topological polar surface area (TPSA) is 44.5 Å². The summed E-state index contributed by atoms with van der Waals surface area (Å²) in [6.45, 7) is 10.4. The van der Waals surface area contributed by atoms with Crippen LogP contribution in [-0.4, -0.2) is 23.9 Å². The van der Waals surface area contributed by atoms with Crippen LogP contribution in [0.3, 0.4) is 0 Å². The maximum atomic E-state index is 5.98. The van der Waals surface area contributed by atoms with Crippen molar-refractivity contribution in [3.05, 3.63) is 11.8 Å². The SMILES string of the molecule is CC/C=C(\CC(C)N)OC1CC(OC(C)(C)C)C1. The van der Waals surface area contributed by atoms with Crippen LogP contribution < -0.4 is 5.73 Å². The first-order valence-electron chi connectivity index (χ1n) is 7.09. The molecule has 0 aromatic carbocycles. The van der Waals surface area contributed by atoms with Crippen LogP contribution in [0.5, 0.6) is 0 Å². The minimum absolute atomic E-state index is 0.0521. The summed E-state index contributed by atoms with van der Waals surface area (Å²) in [6, 6.07) is 0.157. The van der Waals surface area contributed by atoms with Crippen LogP contribution in [0.1, 0.15) is 60.3 Å². The van der Waals surface area contributed by atoms with E-state index in [1.165, 1.54) is 0 Å². The number of allylic oxidation sites excluding steroid dienone is 1. The van der Waals surface area contributed by atoms with E-state index in [-0.39, 0.29) is 11.6 Å². The van der Waals surface area contributed by atoms with Gasteiger partial charge in [0.15, 0.2) is 0 Å². The normalized spacial score (nSPS) is 26.7. The molecule has 3 nitrogen and oxygen atoms in total. The molecule has 0 bridgehead atoms. The first-order chi connectivity index (χ1) is 8.30. The van der Waals surface area contributed by atoms with Crippen LogP contribution in [0.15, 0.2) is 11.8 Å². The summed E-state index contributed by atoms with van der Waals surface area (Å²) < 4.78 is 11.9. The van der Waals surface area contributed by atoms with Gasteiger partial charge in [-0.3, -0.25) is 0 Å². The van der Waals surface area contributed by atoms with Gasteiger partial charge < -0.3 is 15.2 Å². The zero-order chi connectivity index (χ0) is 13.8. The molecule has 1 atom stereocenters. The van der Waals surface area contributed by atoms with Crippen molar-refractivity contribution in [2.24, 2.45) is 5.73 Å². The molecule has 1 rings (SSSR count). The number of nitrogens with two attached hydrogens (primary N) is 1. The quantitative estimate of drug-likeness (QED) is 0.740. The summed E-state index contributed by atoms with van der Waals surface area (Å²) in [7, 11) is 0. The highest BCUT2D eigenvalue weighted by Crippen LogP contribution is 2.31. The van der Waals surface area contributed by atoms with Gasteiger partial charge in [-0.25, -0.2) is 0 Å². The van der Waals surface area contributed by atoms with Crippen LogP contribution in [0.2, 0.25) is 0 Å². The Balaban J connectivity index is 2.30. The summed E-state index contributed by atoms with van der Waals surface area (Å²) in [5.41, 5.74) is 5.77. The largest absolute Gasteiger partial charge is 0.495 e. The van der Waals surface area contributed by atoms with Crippen molar-refractivity contribution in [1.29, 1.82) is 0 Å². The van der Waals surface area contributed by atoms with Crippen LogP contribution in [0.4, 0.5) is 0 Å². The lowest BCUT2D eigenvalue weighted by atomic mass is 9.91. The molecule has 0 aromatic rings. The van der Waals surface area contributed by atoms with Crippen molar-refractivity contribution in [2.45, 2.75) is 84.2 Å². The van der Waals surface area contributed by atoms with Gasteiger partial charge in [0, 0.05) is 25.3 Å². The fraction of sp³-hybridized carbons (Fsp3) is 0.867. The summed E-state index contributed by atoms with van der Waals surface area (Å²) in [5, 5.41) is 0.